The van der Waals surface area contributed by atoms with Crippen molar-refractivity contribution < 1.29 is 39.1 Å². The molecule has 0 radical (unpaired) electrons. The van der Waals surface area contributed by atoms with Crippen LogP contribution in [0.25, 0.3) is 0 Å². The van der Waals surface area contributed by atoms with E-state index in [0.29, 0.717) is 12.8 Å². The maximum atomic E-state index is 11.4. The summed E-state index contributed by atoms with van der Waals surface area (Å²) >= 11 is 0. The van der Waals surface area contributed by atoms with Crippen LogP contribution in [0.4, 0.5) is 0 Å². The molecule has 1 heterocycles. The van der Waals surface area contributed by atoms with E-state index in [4.69, 9.17) is 14.2 Å². The standard InChI is InChI=1S/C14H24O8/c1-3-5-9(15)20-7-8-11(17)12(18)13(14(19)21-8)22-10(16)6-4-2/h8,11-14,17-19H,3-7H2,1-2H3/t8-,11+,12+,13-,14-/m1/s1. The van der Waals surface area contributed by atoms with Crippen LogP contribution in [0.5, 0.6) is 0 Å². The van der Waals surface area contributed by atoms with Crippen molar-refractivity contribution in [3.8, 4) is 0 Å². The molecule has 0 aromatic carbocycles. The molecule has 0 saturated carbocycles. The van der Waals surface area contributed by atoms with E-state index >= 15 is 0 Å². The van der Waals surface area contributed by atoms with Crippen LogP contribution in [0.15, 0.2) is 0 Å². The summed E-state index contributed by atoms with van der Waals surface area (Å²) in [6.07, 6.45) is -5.52. The van der Waals surface area contributed by atoms with E-state index in [2.05, 4.69) is 0 Å². The van der Waals surface area contributed by atoms with Gasteiger partial charge in [-0.15, -0.1) is 0 Å². The Hall–Kier alpha value is -1.22. The first-order valence-electron chi connectivity index (χ1n) is 7.45. The van der Waals surface area contributed by atoms with Crippen molar-refractivity contribution in [2.45, 2.75) is 70.2 Å². The van der Waals surface area contributed by atoms with E-state index in [1.54, 1.807) is 6.92 Å². The van der Waals surface area contributed by atoms with Crippen molar-refractivity contribution in [3.63, 3.8) is 0 Å². The van der Waals surface area contributed by atoms with Crippen LogP contribution < -0.4 is 0 Å². The number of rotatable bonds is 7. The number of hydrogen-bond acceptors (Lipinski definition) is 8. The number of carbonyl (C=O) groups is 2. The Morgan fingerprint density at radius 2 is 1.59 bits per heavy atom. The molecule has 1 saturated heterocycles. The summed E-state index contributed by atoms with van der Waals surface area (Å²) < 4.78 is 14.9. The Morgan fingerprint density at radius 1 is 1.00 bits per heavy atom. The molecule has 1 aliphatic rings. The van der Waals surface area contributed by atoms with Gasteiger partial charge >= 0.3 is 11.9 Å². The molecule has 0 aliphatic carbocycles. The maximum Gasteiger partial charge on any atom is 0.306 e. The fourth-order valence-electron chi connectivity index (χ4n) is 2.05. The average Bonchev–Trinajstić information content (AvgIpc) is 2.46. The summed E-state index contributed by atoms with van der Waals surface area (Å²) in [5, 5.41) is 29.7. The van der Waals surface area contributed by atoms with Crippen molar-refractivity contribution in [3.05, 3.63) is 0 Å². The third-order valence-corrected chi connectivity index (χ3v) is 3.25. The molecule has 0 unspecified atom stereocenters. The Kier molecular flexibility index (Phi) is 7.74. The van der Waals surface area contributed by atoms with Crippen molar-refractivity contribution in [2.24, 2.45) is 0 Å². The average molecular weight is 320 g/mol. The Bertz CT molecular complexity index is 370. The van der Waals surface area contributed by atoms with Crippen LogP contribution in [-0.2, 0) is 23.8 Å². The van der Waals surface area contributed by atoms with Crippen molar-refractivity contribution >= 4 is 11.9 Å². The summed E-state index contributed by atoms with van der Waals surface area (Å²) in [6.45, 7) is 3.29. The van der Waals surface area contributed by atoms with Crippen LogP contribution in [0.3, 0.4) is 0 Å². The number of aliphatic hydroxyl groups is 3. The van der Waals surface area contributed by atoms with Crippen LogP contribution in [0.2, 0.25) is 0 Å². The molecule has 0 aromatic heterocycles. The zero-order valence-electron chi connectivity index (χ0n) is 12.8. The number of hydrogen-bond donors (Lipinski definition) is 3. The zero-order chi connectivity index (χ0) is 16.7. The van der Waals surface area contributed by atoms with Gasteiger partial charge in [-0.25, -0.2) is 0 Å². The number of carbonyl (C=O) groups excluding carboxylic acids is 2. The van der Waals surface area contributed by atoms with Crippen LogP contribution >= 0.6 is 0 Å². The highest BCUT2D eigenvalue weighted by Gasteiger charge is 2.46. The number of ether oxygens (including phenoxy) is 3. The van der Waals surface area contributed by atoms with Gasteiger partial charge in [0.2, 0.25) is 0 Å². The number of esters is 2. The van der Waals surface area contributed by atoms with Crippen molar-refractivity contribution in [2.75, 3.05) is 6.61 Å². The normalized spacial score (nSPS) is 31.6. The molecule has 128 valence electrons. The second kappa shape index (κ2) is 9.04. The monoisotopic (exact) mass is 320 g/mol. The van der Waals surface area contributed by atoms with Crippen molar-refractivity contribution in [1.29, 1.82) is 0 Å². The first kappa shape index (κ1) is 18.8. The molecule has 22 heavy (non-hydrogen) atoms. The summed E-state index contributed by atoms with van der Waals surface area (Å²) in [7, 11) is 0. The minimum absolute atomic E-state index is 0.129. The van der Waals surface area contributed by atoms with E-state index in [0.717, 1.165) is 0 Å². The Morgan fingerprint density at radius 3 is 2.18 bits per heavy atom. The minimum Gasteiger partial charge on any atom is -0.463 e. The summed E-state index contributed by atoms with van der Waals surface area (Å²) in [5.41, 5.74) is 0. The molecule has 8 nitrogen and oxygen atoms in total. The highest BCUT2D eigenvalue weighted by Crippen LogP contribution is 2.23. The third-order valence-electron chi connectivity index (χ3n) is 3.25. The maximum absolute atomic E-state index is 11.4. The van der Waals surface area contributed by atoms with E-state index < -0.39 is 42.6 Å². The molecule has 0 amide bonds. The second-order valence-corrected chi connectivity index (χ2v) is 5.18. The first-order chi connectivity index (χ1) is 10.4. The zero-order valence-corrected chi connectivity index (χ0v) is 12.8. The molecule has 1 fully saturated rings. The lowest BCUT2D eigenvalue weighted by molar-refractivity contribution is -0.291. The van der Waals surface area contributed by atoms with Gasteiger partial charge in [0.25, 0.3) is 0 Å². The lowest BCUT2D eigenvalue weighted by Gasteiger charge is -2.39. The molecule has 3 N–H and O–H groups in total. The predicted octanol–water partition coefficient (Wildman–Crippen LogP) is -0.519. The smallest absolute Gasteiger partial charge is 0.306 e. The van der Waals surface area contributed by atoms with E-state index in [-0.39, 0.29) is 19.4 Å². The Balaban J connectivity index is 2.56. The van der Waals surface area contributed by atoms with Gasteiger partial charge in [0.05, 0.1) is 0 Å². The van der Waals surface area contributed by atoms with Gasteiger partial charge in [0.15, 0.2) is 12.4 Å². The summed E-state index contributed by atoms with van der Waals surface area (Å²) in [4.78, 5) is 22.7. The highest BCUT2D eigenvalue weighted by molar-refractivity contribution is 5.69. The van der Waals surface area contributed by atoms with Gasteiger partial charge in [-0.1, -0.05) is 13.8 Å². The van der Waals surface area contributed by atoms with Gasteiger partial charge in [-0.2, -0.15) is 0 Å². The van der Waals surface area contributed by atoms with E-state index in [1.807, 2.05) is 6.92 Å². The van der Waals surface area contributed by atoms with E-state index in [1.165, 1.54) is 0 Å². The molecular formula is C14H24O8. The molecule has 8 heteroatoms. The van der Waals surface area contributed by atoms with Gasteiger partial charge in [0, 0.05) is 12.8 Å². The SMILES string of the molecule is CCCC(=O)OC[C@H]1O[C@@H](O)[C@H](OC(=O)CCC)[C@@H](O)[C@H]1O. The lowest BCUT2D eigenvalue weighted by atomic mass is 9.99. The molecule has 1 rings (SSSR count). The summed E-state index contributed by atoms with van der Waals surface area (Å²) in [6, 6.07) is 0. The first-order valence-corrected chi connectivity index (χ1v) is 7.45. The van der Waals surface area contributed by atoms with Gasteiger partial charge in [-0.05, 0) is 12.8 Å². The van der Waals surface area contributed by atoms with E-state index in [9.17, 15) is 24.9 Å². The summed E-state index contributed by atoms with van der Waals surface area (Å²) in [5.74, 6) is -1.06. The second-order valence-electron chi connectivity index (χ2n) is 5.18. The quantitative estimate of drug-likeness (QED) is 0.536. The molecule has 5 atom stereocenters. The molecule has 0 bridgehead atoms. The topological polar surface area (TPSA) is 123 Å². The van der Waals surface area contributed by atoms with Gasteiger partial charge in [0.1, 0.15) is 24.9 Å². The van der Waals surface area contributed by atoms with Gasteiger partial charge < -0.3 is 29.5 Å². The Labute approximate surface area is 129 Å². The fourth-order valence-corrected chi connectivity index (χ4v) is 2.05. The van der Waals surface area contributed by atoms with Crippen molar-refractivity contribution in [1.82, 2.24) is 0 Å². The van der Waals surface area contributed by atoms with Crippen LogP contribution in [-0.4, -0.2) is 64.6 Å². The van der Waals surface area contributed by atoms with Gasteiger partial charge in [-0.3, -0.25) is 9.59 Å². The molecule has 0 aromatic rings. The predicted molar refractivity (Wildman–Crippen MR) is 73.5 cm³/mol. The fraction of sp³-hybridized carbons (Fsp3) is 0.857. The largest absolute Gasteiger partial charge is 0.463 e. The third kappa shape index (κ3) is 5.20. The molecular weight excluding hydrogens is 296 g/mol. The highest BCUT2D eigenvalue weighted by atomic mass is 16.7. The van der Waals surface area contributed by atoms with Crippen LogP contribution in [0.1, 0.15) is 39.5 Å². The number of aliphatic hydroxyl groups excluding tert-OH is 3. The lowest BCUT2D eigenvalue weighted by Crippen LogP contribution is -2.60. The molecule has 0 spiro atoms. The van der Waals surface area contributed by atoms with Crippen LogP contribution in [0, 0.1) is 0 Å². The minimum atomic E-state index is -1.60. The molecule has 1 aliphatic heterocycles.